The average molecular weight is 299 g/mol. The van der Waals surface area contributed by atoms with Crippen LogP contribution in [0.2, 0.25) is 0 Å². The molecule has 1 aliphatic rings. The highest BCUT2D eigenvalue weighted by molar-refractivity contribution is 5.98. The van der Waals surface area contributed by atoms with Crippen molar-refractivity contribution in [1.82, 2.24) is 5.32 Å². The van der Waals surface area contributed by atoms with Crippen molar-refractivity contribution >= 4 is 5.91 Å². The van der Waals surface area contributed by atoms with E-state index in [0.29, 0.717) is 17.1 Å². The Balaban J connectivity index is 1.81. The lowest BCUT2D eigenvalue weighted by Gasteiger charge is -2.17. The van der Waals surface area contributed by atoms with Crippen molar-refractivity contribution in [1.29, 1.82) is 0 Å². The van der Waals surface area contributed by atoms with E-state index in [2.05, 4.69) is 5.32 Å². The third-order valence-corrected chi connectivity index (χ3v) is 3.59. The van der Waals surface area contributed by atoms with Crippen LogP contribution in [0.4, 0.5) is 0 Å². The van der Waals surface area contributed by atoms with E-state index in [0.717, 1.165) is 11.3 Å². The van der Waals surface area contributed by atoms with Crippen molar-refractivity contribution in [2.24, 2.45) is 0 Å². The summed E-state index contributed by atoms with van der Waals surface area (Å²) in [6.07, 6.45) is 0. The fraction of sp³-hybridized carbons (Fsp3) is 0.235. The van der Waals surface area contributed by atoms with Crippen molar-refractivity contribution in [3.05, 3.63) is 53.6 Å². The molecule has 0 aromatic heterocycles. The van der Waals surface area contributed by atoms with Gasteiger partial charge in [-0.3, -0.25) is 4.79 Å². The SMILES string of the molecule is COc1ccccc1[C@H](C)NC(=O)c1cccc2c1OCO2. The molecule has 22 heavy (non-hydrogen) atoms. The highest BCUT2D eigenvalue weighted by Gasteiger charge is 2.23. The molecule has 1 atom stereocenters. The van der Waals surface area contributed by atoms with Gasteiger partial charge in [0.1, 0.15) is 5.75 Å². The van der Waals surface area contributed by atoms with Crippen molar-refractivity contribution in [3.8, 4) is 17.2 Å². The Morgan fingerprint density at radius 3 is 2.82 bits per heavy atom. The molecule has 1 heterocycles. The molecule has 0 bridgehead atoms. The average Bonchev–Trinajstić information content (AvgIpc) is 3.03. The highest BCUT2D eigenvalue weighted by atomic mass is 16.7. The summed E-state index contributed by atoms with van der Waals surface area (Å²) in [5.74, 6) is 1.62. The van der Waals surface area contributed by atoms with Crippen molar-refractivity contribution in [2.45, 2.75) is 13.0 Å². The van der Waals surface area contributed by atoms with Gasteiger partial charge in [0.25, 0.3) is 5.91 Å². The molecule has 1 N–H and O–H groups in total. The first-order valence-corrected chi connectivity index (χ1v) is 7.03. The molecule has 3 rings (SSSR count). The Bertz CT molecular complexity index is 699. The van der Waals surface area contributed by atoms with E-state index in [1.807, 2.05) is 31.2 Å². The van der Waals surface area contributed by atoms with E-state index in [1.165, 1.54) is 0 Å². The number of benzene rings is 2. The van der Waals surface area contributed by atoms with Gasteiger partial charge in [-0.25, -0.2) is 0 Å². The molecule has 1 aliphatic heterocycles. The van der Waals surface area contributed by atoms with Crippen molar-refractivity contribution in [3.63, 3.8) is 0 Å². The first kappa shape index (κ1) is 14.3. The summed E-state index contributed by atoms with van der Waals surface area (Å²) in [5, 5.41) is 2.96. The summed E-state index contributed by atoms with van der Waals surface area (Å²) in [5.41, 5.74) is 1.39. The van der Waals surface area contributed by atoms with E-state index in [9.17, 15) is 4.79 Å². The van der Waals surface area contributed by atoms with Crippen LogP contribution in [0.15, 0.2) is 42.5 Å². The topological polar surface area (TPSA) is 56.8 Å². The van der Waals surface area contributed by atoms with E-state index < -0.39 is 0 Å². The van der Waals surface area contributed by atoms with Crippen LogP contribution in [-0.4, -0.2) is 19.8 Å². The second-order valence-electron chi connectivity index (χ2n) is 4.98. The quantitative estimate of drug-likeness (QED) is 0.943. The van der Waals surface area contributed by atoms with E-state index >= 15 is 0 Å². The zero-order chi connectivity index (χ0) is 15.5. The third-order valence-electron chi connectivity index (χ3n) is 3.59. The van der Waals surface area contributed by atoms with Crippen LogP contribution >= 0.6 is 0 Å². The molecule has 0 aliphatic carbocycles. The van der Waals surface area contributed by atoms with Gasteiger partial charge in [-0.1, -0.05) is 24.3 Å². The fourth-order valence-corrected chi connectivity index (χ4v) is 2.49. The number of carbonyl (C=O) groups excluding carboxylic acids is 1. The van der Waals surface area contributed by atoms with Gasteiger partial charge in [0.05, 0.1) is 18.7 Å². The van der Waals surface area contributed by atoms with E-state index in [1.54, 1.807) is 25.3 Å². The number of amides is 1. The summed E-state index contributed by atoms with van der Waals surface area (Å²) >= 11 is 0. The third kappa shape index (κ3) is 2.57. The zero-order valence-electron chi connectivity index (χ0n) is 12.5. The number of hydrogen-bond donors (Lipinski definition) is 1. The molecule has 0 saturated carbocycles. The van der Waals surface area contributed by atoms with E-state index in [4.69, 9.17) is 14.2 Å². The van der Waals surface area contributed by atoms with Gasteiger partial charge in [-0.05, 0) is 25.1 Å². The number of nitrogens with one attached hydrogen (secondary N) is 1. The van der Waals surface area contributed by atoms with Gasteiger partial charge >= 0.3 is 0 Å². The molecule has 0 radical (unpaired) electrons. The Labute approximate surface area is 128 Å². The van der Waals surface area contributed by atoms with Crippen LogP contribution in [0.3, 0.4) is 0 Å². The minimum atomic E-state index is -0.208. The molecule has 5 heteroatoms. The summed E-state index contributed by atoms with van der Waals surface area (Å²) in [6, 6.07) is 12.7. The minimum Gasteiger partial charge on any atom is -0.496 e. The number of methoxy groups -OCH3 is 1. The second kappa shape index (κ2) is 5.97. The molecule has 0 saturated heterocycles. The maximum atomic E-state index is 12.5. The predicted molar refractivity (Wildman–Crippen MR) is 81.4 cm³/mol. The van der Waals surface area contributed by atoms with E-state index in [-0.39, 0.29) is 18.7 Å². The molecule has 2 aromatic rings. The maximum Gasteiger partial charge on any atom is 0.255 e. The first-order valence-electron chi connectivity index (χ1n) is 7.03. The minimum absolute atomic E-state index is 0.141. The van der Waals surface area contributed by atoms with Gasteiger partial charge in [0.15, 0.2) is 11.5 Å². The normalized spacial score (nSPS) is 13.5. The lowest BCUT2D eigenvalue weighted by molar-refractivity contribution is 0.0935. The summed E-state index contributed by atoms with van der Waals surface area (Å²) in [4.78, 5) is 12.5. The maximum absolute atomic E-state index is 12.5. The molecule has 0 unspecified atom stereocenters. The smallest absolute Gasteiger partial charge is 0.255 e. The van der Waals surface area contributed by atoms with Gasteiger partial charge in [-0.15, -0.1) is 0 Å². The lowest BCUT2D eigenvalue weighted by Crippen LogP contribution is -2.27. The molecule has 0 spiro atoms. The predicted octanol–water partition coefficient (Wildman–Crippen LogP) is 2.91. The monoisotopic (exact) mass is 299 g/mol. The molecular weight excluding hydrogens is 282 g/mol. The van der Waals surface area contributed by atoms with Gasteiger partial charge in [0.2, 0.25) is 6.79 Å². The van der Waals surface area contributed by atoms with Crippen LogP contribution in [0.5, 0.6) is 17.2 Å². The van der Waals surface area contributed by atoms with Crippen LogP contribution in [0.1, 0.15) is 28.9 Å². The Kier molecular flexibility index (Phi) is 3.87. The van der Waals surface area contributed by atoms with Gasteiger partial charge < -0.3 is 19.5 Å². The van der Waals surface area contributed by atoms with Crippen LogP contribution in [0.25, 0.3) is 0 Å². The van der Waals surface area contributed by atoms with Crippen LogP contribution in [-0.2, 0) is 0 Å². The highest BCUT2D eigenvalue weighted by Crippen LogP contribution is 2.35. The Hall–Kier alpha value is -2.69. The number of rotatable bonds is 4. The molecule has 114 valence electrons. The zero-order valence-corrected chi connectivity index (χ0v) is 12.5. The molecule has 1 amide bonds. The second-order valence-corrected chi connectivity index (χ2v) is 4.98. The van der Waals surface area contributed by atoms with Gasteiger partial charge in [0, 0.05) is 5.56 Å². The Morgan fingerprint density at radius 1 is 1.18 bits per heavy atom. The van der Waals surface area contributed by atoms with Crippen molar-refractivity contribution < 1.29 is 19.0 Å². The van der Waals surface area contributed by atoms with Gasteiger partial charge in [-0.2, -0.15) is 0 Å². The Morgan fingerprint density at radius 2 is 2.00 bits per heavy atom. The summed E-state index contributed by atoms with van der Waals surface area (Å²) in [6.45, 7) is 2.05. The number of para-hydroxylation sites is 2. The fourth-order valence-electron chi connectivity index (χ4n) is 2.49. The largest absolute Gasteiger partial charge is 0.496 e. The molecule has 0 fully saturated rings. The molecule has 2 aromatic carbocycles. The molecule has 5 nitrogen and oxygen atoms in total. The molecular formula is C17H17NO4. The first-order chi connectivity index (χ1) is 10.7. The number of fused-ring (bicyclic) bond motifs is 1. The standard InChI is InChI=1S/C17H17NO4/c1-11(12-6-3-4-8-14(12)20-2)18-17(19)13-7-5-9-15-16(13)22-10-21-15/h3-9,11H,10H2,1-2H3,(H,18,19)/t11-/m0/s1. The number of carbonyl (C=O) groups is 1. The summed E-state index contributed by atoms with van der Waals surface area (Å²) < 4.78 is 16.0. The summed E-state index contributed by atoms with van der Waals surface area (Å²) in [7, 11) is 1.61. The van der Waals surface area contributed by atoms with Crippen molar-refractivity contribution in [2.75, 3.05) is 13.9 Å². The number of ether oxygens (including phenoxy) is 3. The number of hydrogen-bond acceptors (Lipinski definition) is 4. The van der Waals surface area contributed by atoms with Crippen LogP contribution in [0, 0.1) is 0 Å². The lowest BCUT2D eigenvalue weighted by atomic mass is 10.1. The van der Waals surface area contributed by atoms with Crippen LogP contribution < -0.4 is 19.5 Å².